The van der Waals surface area contributed by atoms with Crippen molar-refractivity contribution >= 4 is 23.2 Å². The zero-order chi connectivity index (χ0) is 11.3. The van der Waals surface area contributed by atoms with Crippen LogP contribution >= 0.6 is 12.2 Å². The van der Waals surface area contributed by atoms with Crippen molar-refractivity contribution in [2.45, 2.75) is 38.4 Å². The Hall–Kier alpha value is -0.880. The molecular formula is C9H16N4OS. The van der Waals surface area contributed by atoms with Gasteiger partial charge >= 0.3 is 0 Å². The third-order valence-electron chi connectivity index (χ3n) is 2.85. The minimum Gasteiger partial charge on any atom is -0.357 e. The van der Waals surface area contributed by atoms with Gasteiger partial charge in [-0.2, -0.15) is 0 Å². The molecular weight excluding hydrogens is 212 g/mol. The summed E-state index contributed by atoms with van der Waals surface area (Å²) in [6.45, 7) is 6.55. The number of thiocarbonyl (C=S) groups is 1. The maximum absolute atomic E-state index is 11.3. The predicted octanol–water partition coefficient (Wildman–Crippen LogP) is -0.304. The normalized spacial score (nSPS) is 34.2. The summed E-state index contributed by atoms with van der Waals surface area (Å²) in [6.07, 6.45) is 0.862. The van der Waals surface area contributed by atoms with Gasteiger partial charge in [0.15, 0.2) is 5.11 Å². The maximum atomic E-state index is 11.3. The van der Waals surface area contributed by atoms with Gasteiger partial charge in [-0.15, -0.1) is 0 Å². The molecule has 2 rings (SSSR count). The SMILES string of the molecule is CC1(C)C[C@]2(C)NNC(=O)CN2C(=S)N1. The van der Waals surface area contributed by atoms with Gasteiger partial charge in [-0.05, 0) is 33.0 Å². The van der Waals surface area contributed by atoms with Crippen LogP contribution in [0, 0.1) is 0 Å². The lowest BCUT2D eigenvalue weighted by atomic mass is 9.88. The van der Waals surface area contributed by atoms with E-state index in [1.54, 1.807) is 0 Å². The molecule has 0 bridgehead atoms. The number of nitrogens with zero attached hydrogens (tertiary/aromatic N) is 1. The largest absolute Gasteiger partial charge is 0.357 e. The van der Waals surface area contributed by atoms with E-state index in [1.165, 1.54) is 0 Å². The highest BCUT2D eigenvalue weighted by atomic mass is 32.1. The topological polar surface area (TPSA) is 56.4 Å². The molecule has 0 aliphatic carbocycles. The van der Waals surface area contributed by atoms with Crippen molar-refractivity contribution in [3.8, 4) is 0 Å². The lowest BCUT2D eigenvalue weighted by molar-refractivity contribution is -0.130. The number of nitrogens with one attached hydrogen (secondary N) is 3. The fourth-order valence-electron chi connectivity index (χ4n) is 2.33. The lowest BCUT2D eigenvalue weighted by Crippen LogP contribution is -2.77. The molecule has 2 heterocycles. The molecule has 0 saturated carbocycles. The Labute approximate surface area is 94.5 Å². The fraction of sp³-hybridized carbons (Fsp3) is 0.778. The van der Waals surface area contributed by atoms with Crippen LogP contribution in [-0.2, 0) is 4.79 Å². The zero-order valence-electron chi connectivity index (χ0n) is 9.18. The first-order valence-corrected chi connectivity index (χ1v) is 5.39. The summed E-state index contributed by atoms with van der Waals surface area (Å²) >= 11 is 5.27. The van der Waals surface area contributed by atoms with Gasteiger partial charge in [0.1, 0.15) is 12.2 Å². The first kappa shape index (κ1) is 10.6. The average Bonchev–Trinajstić information content (AvgIpc) is 2.05. The number of fused-ring (bicyclic) bond motifs is 1. The van der Waals surface area contributed by atoms with Gasteiger partial charge in [0.05, 0.1) is 0 Å². The Morgan fingerprint density at radius 2 is 2.07 bits per heavy atom. The van der Waals surface area contributed by atoms with Crippen LogP contribution in [0.25, 0.3) is 0 Å². The van der Waals surface area contributed by atoms with Gasteiger partial charge < -0.3 is 10.2 Å². The number of rotatable bonds is 0. The third kappa shape index (κ3) is 1.79. The van der Waals surface area contributed by atoms with Crippen LogP contribution in [0.3, 0.4) is 0 Å². The highest BCUT2D eigenvalue weighted by Gasteiger charge is 2.47. The second-order valence-electron chi connectivity index (χ2n) is 5.02. The smallest absolute Gasteiger partial charge is 0.253 e. The molecule has 6 heteroatoms. The number of hydrogen-bond acceptors (Lipinski definition) is 3. The summed E-state index contributed by atoms with van der Waals surface area (Å²) in [4.78, 5) is 13.2. The molecule has 0 radical (unpaired) electrons. The minimum atomic E-state index is -0.292. The van der Waals surface area contributed by atoms with Gasteiger partial charge in [-0.25, -0.2) is 5.43 Å². The summed E-state index contributed by atoms with van der Waals surface area (Å²) in [6, 6.07) is 0. The Balaban J connectivity index is 2.28. The molecule has 1 amide bonds. The number of carbonyl (C=O) groups excluding carboxylic acids is 1. The van der Waals surface area contributed by atoms with E-state index < -0.39 is 0 Å². The Kier molecular flexibility index (Phi) is 2.16. The summed E-state index contributed by atoms with van der Waals surface area (Å²) in [7, 11) is 0. The molecule has 2 saturated heterocycles. The van der Waals surface area contributed by atoms with Crippen LogP contribution in [0.5, 0.6) is 0 Å². The molecule has 15 heavy (non-hydrogen) atoms. The Bertz CT molecular complexity index is 330. The molecule has 0 aromatic heterocycles. The average molecular weight is 228 g/mol. The molecule has 5 nitrogen and oxygen atoms in total. The van der Waals surface area contributed by atoms with Gasteiger partial charge in [0.25, 0.3) is 5.91 Å². The Morgan fingerprint density at radius 1 is 1.40 bits per heavy atom. The third-order valence-corrected chi connectivity index (χ3v) is 3.17. The van der Waals surface area contributed by atoms with Crippen molar-refractivity contribution in [2.24, 2.45) is 0 Å². The molecule has 1 atom stereocenters. The minimum absolute atomic E-state index is 0.0581. The van der Waals surface area contributed by atoms with E-state index in [1.807, 2.05) is 11.8 Å². The molecule has 3 N–H and O–H groups in total. The molecule has 0 aromatic rings. The van der Waals surface area contributed by atoms with Crippen LogP contribution < -0.4 is 16.2 Å². The highest BCUT2D eigenvalue weighted by Crippen LogP contribution is 2.29. The number of carbonyl (C=O) groups is 1. The van der Waals surface area contributed by atoms with E-state index in [0.717, 1.165) is 6.42 Å². The van der Waals surface area contributed by atoms with Crippen molar-refractivity contribution in [1.82, 2.24) is 21.1 Å². The van der Waals surface area contributed by atoms with Crippen molar-refractivity contribution in [3.05, 3.63) is 0 Å². The van der Waals surface area contributed by atoms with Crippen molar-refractivity contribution in [2.75, 3.05) is 6.54 Å². The van der Waals surface area contributed by atoms with Crippen molar-refractivity contribution in [1.29, 1.82) is 0 Å². The van der Waals surface area contributed by atoms with Gasteiger partial charge in [-0.3, -0.25) is 10.2 Å². The van der Waals surface area contributed by atoms with E-state index in [4.69, 9.17) is 12.2 Å². The molecule has 0 aromatic carbocycles. The van der Waals surface area contributed by atoms with Crippen molar-refractivity contribution in [3.63, 3.8) is 0 Å². The number of hydrazine groups is 1. The van der Waals surface area contributed by atoms with Crippen LogP contribution in [0.15, 0.2) is 0 Å². The molecule has 2 fully saturated rings. The van der Waals surface area contributed by atoms with E-state index in [-0.39, 0.29) is 17.1 Å². The van der Waals surface area contributed by atoms with E-state index in [2.05, 4.69) is 30.0 Å². The van der Waals surface area contributed by atoms with Crippen LogP contribution in [0.1, 0.15) is 27.2 Å². The molecule has 0 spiro atoms. The highest BCUT2D eigenvalue weighted by molar-refractivity contribution is 7.80. The van der Waals surface area contributed by atoms with E-state index in [0.29, 0.717) is 11.7 Å². The fourth-order valence-corrected chi connectivity index (χ4v) is 2.87. The standard InChI is InChI=1S/C9H16N4OS/c1-8(2)5-9(3)12-11-6(14)4-13(9)7(15)10-8/h12H,4-5H2,1-3H3,(H,10,15)(H,11,14)/t9-/m1/s1. The summed E-state index contributed by atoms with van der Waals surface area (Å²) in [5, 5.41) is 3.87. The molecule has 2 aliphatic heterocycles. The van der Waals surface area contributed by atoms with Gasteiger partial charge in [0.2, 0.25) is 0 Å². The second kappa shape index (κ2) is 3.05. The van der Waals surface area contributed by atoms with Crippen molar-refractivity contribution < 1.29 is 4.79 Å². The zero-order valence-corrected chi connectivity index (χ0v) is 9.99. The van der Waals surface area contributed by atoms with Gasteiger partial charge in [0, 0.05) is 12.0 Å². The quantitative estimate of drug-likeness (QED) is 0.497. The van der Waals surface area contributed by atoms with Gasteiger partial charge in [-0.1, -0.05) is 0 Å². The predicted molar refractivity (Wildman–Crippen MR) is 60.8 cm³/mol. The van der Waals surface area contributed by atoms with Crippen LogP contribution in [0.2, 0.25) is 0 Å². The summed E-state index contributed by atoms with van der Waals surface area (Å²) in [5.74, 6) is -0.0590. The number of hydrogen-bond donors (Lipinski definition) is 3. The first-order valence-electron chi connectivity index (χ1n) is 4.98. The summed E-state index contributed by atoms with van der Waals surface area (Å²) in [5.41, 5.74) is 5.34. The number of amides is 1. The molecule has 0 unspecified atom stereocenters. The summed E-state index contributed by atoms with van der Waals surface area (Å²) < 4.78 is 0. The van der Waals surface area contributed by atoms with Crippen LogP contribution in [-0.4, -0.2) is 33.7 Å². The molecule has 2 aliphatic rings. The van der Waals surface area contributed by atoms with E-state index >= 15 is 0 Å². The second-order valence-corrected chi connectivity index (χ2v) is 5.41. The van der Waals surface area contributed by atoms with E-state index in [9.17, 15) is 4.79 Å². The first-order chi connectivity index (χ1) is 6.82. The monoisotopic (exact) mass is 228 g/mol. The Morgan fingerprint density at radius 3 is 2.73 bits per heavy atom. The van der Waals surface area contributed by atoms with Crippen LogP contribution in [0.4, 0.5) is 0 Å². The lowest BCUT2D eigenvalue weighted by Gasteiger charge is -2.54. The maximum Gasteiger partial charge on any atom is 0.253 e. The molecule has 84 valence electrons.